The molecule has 0 aromatic heterocycles. The van der Waals surface area contributed by atoms with Gasteiger partial charge in [0.1, 0.15) is 18.1 Å². The van der Waals surface area contributed by atoms with Crippen LogP contribution < -0.4 is 24.4 Å². The molecule has 0 fully saturated rings. The Balaban J connectivity index is 1.56. The number of ether oxygens (including phenoxy) is 3. The molecule has 204 valence electrons. The monoisotopic (exact) mass is 518 g/mol. The van der Waals surface area contributed by atoms with Gasteiger partial charge in [-0.3, -0.25) is 0 Å². The molecule has 4 rings (SSSR count). The lowest BCUT2D eigenvalue weighted by Crippen LogP contribution is -2.25. The van der Waals surface area contributed by atoms with Gasteiger partial charge in [-0.25, -0.2) is 0 Å². The Bertz CT molecular complexity index is 1180. The number of rotatable bonds is 13. The number of hydrogen-bond acceptors (Lipinski definition) is 6. The highest BCUT2D eigenvalue weighted by Gasteiger charge is 2.26. The normalized spacial score (nSPS) is 14.6. The summed E-state index contributed by atoms with van der Waals surface area (Å²) < 4.78 is 17.3. The third-order valence-corrected chi connectivity index (χ3v) is 7.38. The molecule has 1 unspecified atom stereocenters. The molecule has 0 bridgehead atoms. The first kappa shape index (κ1) is 27.6. The van der Waals surface area contributed by atoms with E-state index in [-0.39, 0.29) is 0 Å². The fourth-order valence-corrected chi connectivity index (χ4v) is 5.31. The number of phenols is 1. The Morgan fingerprint density at radius 2 is 1.68 bits per heavy atom. The quantitative estimate of drug-likeness (QED) is 0.267. The molecule has 2 N–H and O–H groups in total. The third-order valence-electron chi connectivity index (χ3n) is 7.38. The first-order valence-corrected chi connectivity index (χ1v) is 13.8. The summed E-state index contributed by atoms with van der Waals surface area (Å²) in [4.78, 5) is 2.41. The Labute approximate surface area is 227 Å². The standard InChI is InChI=1S/C32H42N2O4/c1-5-15-33-16-17-38-28-13-7-23(8-14-28)22-34(6-2)30-21-32(37-4)31(36-3)20-29(30)26-10-9-25-19-27(35)12-11-24(25)18-26/h7-8,11-14,19-21,26,33,35H,5-6,9-10,15-18,22H2,1-4H3. The number of phenolic OH excluding ortho intramolecular Hbond substituents is 1. The number of benzene rings is 3. The van der Waals surface area contributed by atoms with Crippen LogP contribution in [0.4, 0.5) is 5.69 Å². The van der Waals surface area contributed by atoms with Crippen LogP contribution in [0, 0.1) is 0 Å². The molecule has 3 aromatic rings. The molecular formula is C32H42N2O4. The van der Waals surface area contributed by atoms with Crippen LogP contribution in [0.2, 0.25) is 0 Å². The van der Waals surface area contributed by atoms with E-state index in [0.29, 0.717) is 18.3 Å². The molecular weight excluding hydrogens is 476 g/mol. The van der Waals surface area contributed by atoms with E-state index in [1.807, 2.05) is 6.07 Å². The van der Waals surface area contributed by atoms with E-state index in [1.54, 1.807) is 20.3 Å². The molecule has 1 aliphatic rings. The minimum atomic E-state index is 0.343. The van der Waals surface area contributed by atoms with Crippen LogP contribution in [0.5, 0.6) is 23.0 Å². The van der Waals surface area contributed by atoms with E-state index in [0.717, 1.165) is 69.1 Å². The maximum absolute atomic E-state index is 9.93. The summed E-state index contributed by atoms with van der Waals surface area (Å²) in [6.07, 6.45) is 4.04. The van der Waals surface area contributed by atoms with Crippen molar-refractivity contribution < 1.29 is 19.3 Å². The minimum absolute atomic E-state index is 0.343. The first-order chi connectivity index (χ1) is 18.6. The van der Waals surface area contributed by atoms with Crippen LogP contribution in [-0.2, 0) is 19.4 Å². The molecule has 0 aliphatic heterocycles. The SMILES string of the molecule is CCCNCCOc1ccc(CN(CC)c2cc(OC)c(OC)cc2C2CCc3cc(O)ccc3C2)cc1. The number of methoxy groups -OCH3 is 2. The number of nitrogens with one attached hydrogen (secondary N) is 1. The van der Waals surface area contributed by atoms with Crippen molar-refractivity contribution in [3.05, 3.63) is 76.9 Å². The highest BCUT2D eigenvalue weighted by molar-refractivity contribution is 5.64. The first-order valence-electron chi connectivity index (χ1n) is 13.8. The van der Waals surface area contributed by atoms with E-state index >= 15 is 0 Å². The topological polar surface area (TPSA) is 63.2 Å². The van der Waals surface area contributed by atoms with Crippen molar-refractivity contribution in [3.8, 4) is 23.0 Å². The molecule has 6 nitrogen and oxygen atoms in total. The molecule has 3 aromatic carbocycles. The lowest BCUT2D eigenvalue weighted by Gasteiger charge is -2.32. The van der Waals surface area contributed by atoms with Gasteiger partial charge < -0.3 is 29.5 Å². The molecule has 0 amide bonds. The fraction of sp³-hybridized carbons (Fsp3) is 0.438. The molecule has 0 radical (unpaired) electrons. The van der Waals surface area contributed by atoms with Crippen LogP contribution >= 0.6 is 0 Å². The number of nitrogens with zero attached hydrogens (tertiary/aromatic N) is 1. The number of fused-ring (bicyclic) bond motifs is 1. The maximum Gasteiger partial charge on any atom is 0.162 e. The van der Waals surface area contributed by atoms with Crippen molar-refractivity contribution in [2.75, 3.05) is 45.4 Å². The summed E-state index contributed by atoms with van der Waals surface area (Å²) >= 11 is 0. The Hall–Kier alpha value is -3.38. The zero-order valence-electron chi connectivity index (χ0n) is 23.3. The molecule has 0 saturated heterocycles. The van der Waals surface area contributed by atoms with Crippen molar-refractivity contribution in [1.29, 1.82) is 0 Å². The minimum Gasteiger partial charge on any atom is -0.508 e. The van der Waals surface area contributed by atoms with Gasteiger partial charge >= 0.3 is 0 Å². The highest BCUT2D eigenvalue weighted by atomic mass is 16.5. The number of aromatic hydroxyl groups is 1. The molecule has 0 spiro atoms. The van der Waals surface area contributed by atoms with Crippen LogP contribution in [0.1, 0.15) is 54.9 Å². The summed E-state index contributed by atoms with van der Waals surface area (Å²) in [7, 11) is 3.39. The Morgan fingerprint density at radius 3 is 2.39 bits per heavy atom. The molecule has 38 heavy (non-hydrogen) atoms. The van der Waals surface area contributed by atoms with Gasteiger partial charge in [0, 0.05) is 31.4 Å². The van der Waals surface area contributed by atoms with E-state index in [9.17, 15) is 5.11 Å². The second-order valence-electron chi connectivity index (χ2n) is 9.92. The van der Waals surface area contributed by atoms with Crippen molar-refractivity contribution in [3.63, 3.8) is 0 Å². The highest BCUT2D eigenvalue weighted by Crippen LogP contribution is 2.43. The summed E-state index contributed by atoms with van der Waals surface area (Å²) in [6.45, 7) is 8.55. The number of anilines is 1. The van der Waals surface area contributed by atoms with E-state index < -0.39 is 0 Å². The Kier molecular flexibility index (Phi) is 9.77. The smallest absolute Gasteiger partial charge is 0.162 e. The van der Waals surface area contributed by atoms with Gasteiger partial charge in [-0.1, -0.05) is 25.1 Å². The Morgan fingerprint density at radius 1 is 0.921 bits per heavy atom. The molecule has 1 aliphatic carbocycles. The second kappa shape index (κ2) is 13.4. The van der Waals surface area contributed by atoms with Gasteiger partial charge in [0.05, 0.1) is 14.2 Å². The maximum atomic E-state index is 9.93. The van der Waals surface area contributed by atoms with E-state index in [4.69, 9.17) is 14.2 Å². The van der Waals surface area contributed by atoms with Crippen molar-refractivity contribution in [2.24, 2.45) is 0 Å². The molecule has 0 saturated carbocycles. The van der Waals surface area contributed by atoms with Gasteiger partial charge in [0.25, 0.3) is 0 Å². The van der Waals surface area contributed by atoms with Gasteiger partial charge in [0.15, 0.2) is 11.5 Å². The lowest BCUT2D eigenvalue weighted by molar-refractivity contribution is 0.314. The van der Waals surface area contributed by atoms with Crippen molar-refractivity contribution >= 4 is 5.69 Å². The predicted octanol–water partition coefficient (Wildman–Crippen LogP) is 6.09. The summed E-state index contributed by atoms with van der Waals surface area (Å²) in [6, 6.07) is 18.5. The van der Waals surface area contributed by atoms with Gasteiger partial charge in [-0.2, -0.15) is 0 Å². The average Bonchev–Trinajstić information content (AvgIpc) is 2.95. The average molecular weight is 519 g/mol. The molecule has 6 heteroatoms. The largest absolute Gasteiger partial charge is 0.508 e. The fourth-order valence-electron chi connectivity index (χ4n) is 5.31. The van der Waals surface area contributed by atoms with Gasteiger partial charge in [0.2, 0.25) is 0 Å². The van der Waals surface area contributed by atoms with Crippen molar-refractivity contribution in [2.45, 2.75) is 52.0 Å². The van der Waals surface area contributed by atoms with Crippen molar-refractivity contribution in [1.82, 2.24) is 5.32 Å². The van der Waals surface area contributed by atoms with Crippen LogP contribution in [0.25, 0.3) is 0 Å². The lowest BCUT2D eigenvalue weighted by atomic mass is 9.79. The second-order valence-corrected chi connectivity index (χ2v) is 9.92. The predicted molar refractivity (Wildman–Crippen MR) is 154 cm³/mol. The number of hydrogen-bond donors (Lipinski definition) is 2. The summed E-state index contributed by atoms with van der Waals surface area (Å²) in [5.74, 6) is 3.09. The zero-order chi connectivity index (χ0) is 26.9. The van der Waals surface area contributed by atoms with E-state index in [1.165, 1.54) is 27.9 Å². The van der Waals surface area contributed by atoms with Crippen LogP contribution in [-0.4, -0.2) is 45.6 Å². The van der Waals surface area contributed by atoms with Gasteiger partial charge in [-0.15, -0.1) is 0 Å². The van der Waals surface area contributed by atoms with E-state index in [2.05, 4.69) is 66.5 Å². The zero-order valence-corrected chi connectivity index (χ0v) is 23.3. The molecule has 1 atom stereocenters. The van der Waals surface area contributed by atoms with Gasteiger partial charge in [-0.05, 0) is 97.7 Å². The molecule has 0 heterocycles. The summed E-state index contributed by atoms with van der Waals surface area (Å²) in [5.41, 5.74) is 6.25. The van der Waals surface area contributed by atoms with Crippen LogP contribution in [0.3, 0.4) is 0 Å². The third kappa shape index (κ3) is 6.73. The number of aryl methyl sites for hydroxylation is 1. The van der Waals surface area contributed by atoms with Crippen LogP contribution in [0.15, 0.2) is 54.6 Å². The summed E-state index contributed by atoms with van der Waals surface area (Å²) in [5, 5.41) is 13.3.